The summed E-state index contributed by atoms with van der Waals surface area (Å²) in [4.78, 5) is 61.0. The molecule has 0 fully saturated rings. The van der Waals surface area contributed by atoms with E-state index < -0.39 is 22.2 Å². The van der Waals surface area contributed by atoms with Crippen LogP contribution in [-0.2, 0) is 22.9 Å². The molecule has 10 aromatic heterocycles. The number of carbonyl (C=O) groups is 2. The zero-order chi connectivity index (χ0) is 54.3. The van der Waals surface area contributed by atoms with Crippen molar-refractivity contribution in [2.75, 3.05) is 13.2 Å². The van der Waals surface area contributed by atoms with Gasteiger partial charge in [-0.15, -0.1) is 0 Å². The molecule has 20 nitrogen and oxygen atoms in total. The average molecular weight is 1140 g/mol. The summed E-state index contributed by atoms with van der Waals surface area (Å²) in [6.07, 6.45) is 18.5. The third kappa shape index (κ3) is 13.7. The van der Waals surface area contributed by atoms with E-state index in [1.54, 1.807) is 69.7 Å². The normalized spacial score (nSPS) is 12.6. The first-order chi connectivity index (χ1) is 36.2. The van der Waals surface area contributed by atoms with E-state index in [1.165, 1.54) is 49.6 Å². The summed E-state index contributed by atoms with van der Waals surface area (Å²) < 4.78 is 56.0. The quantitative estimate of drug-likeness (QED) is 0.0639. The number of hydrogen-bond acceptors (Lipinski definition) is 14. The minimum atomic E-state index is -1.24. The molecule has 25 heteroatoms. The van der Waals surface area contributed by atoms with Crippen molar-refractivity contribution in [2.24, 2.45) is 0 Å². The van der Waals surface area contributed by atoms with Crippen LogP contribution < -0.4 is 10.6 Å². The van der Waals surface area contributed by atoms with E-state index in [0.29, 0.717) is 86.7 Å². The van der Waals surface area contributed by atoms with Gasteiger partial charge in [-0.05, 0) is 73.1 Å². The van der Waals surface area contributed by atoms with Crippen LogP contribution in [0.5, 0.6) is 0 Å². The number of pyridine rings is 2. The van der Waals surface area contributed by atoms with Crippen molar-refractivity contribution in [3.8, 4) is 11.4 Å². The minimum Gasteiger partial charge on any atom is -0.447 e. The Bertz CT molecular complexity index is 3590. The molecule has 0 radical (unpaired) electrons. The summed E-state index contributed by atoms with van der Waals surface area (Å²) >= 11 is 3.33. The van der Waals surface area contributed by atoms with Gasteiger partial charge in [0.15, 0.2) is 11.3 Å². The monoisotopic (exact) mass is 1140 g/mol. The molecule has 0 bridgehead atoms. The molecule has 10 rings (SSSR count). The van der Waals surface area contributed by atoms with Crippen LogP contribution in [0.25, 0.3) is 44.7 Å². The standard InChI is InChI=1S/C25H28FN7O3Si.C18H24BrN5O3Si.C8H7FN2/c1-16(25-27-7-8-36-25)30-24(34)18-13-33(15-35-9-10-37(2,3)4)23-21(18)31-19(11-28-23)22-20-6-5-17(26)12-32(20)14-29-22;1-12(18-20-5-6-27-18)22-17(25)13-10-24(11-26-7-8-28(2,3)4)16-15(13)23-14(19)9-21-16;1-6-8-3-2-7(9)4-11(8)5-10-6/h5-8,11-14,16H,9-10,15H2,1-4H3,(H,30,34);5-6,9-10,12H,7-8,11H2,1-4H3,(H,22,25);2-5H,1H3/t16-;12-;/m11./s1. The fraction of sp³-hybridized carbons (Fsp3) is 0.333. The summed E-state index contributed by atoms with van der Waals surface area (Å²) in [7, 11) is -2.41. The molecule has 2 N–H and O–H groups in total. The zero-order valence-electron chi connectivity index (χ0n) is 43.6. The van der Waals surface area contributed by atoms with Crippen molar-refractivity contribution < 1.29 is 36.7 Å². The lowest BCUT2D eigenvalue weighted by molar-refractivity contribution is 0.0884. The van der Waals surface area contributed by atoms with Crippen LogP contribution in [0.15, 0.2) is 112 Å². The molecule has 2 amide bonds. The van der Waals surface area contributed by atoms with Gasteiger partial charge < -0.3 is 46.9 Å². The number of nitrogens with one attached hydrogen (secondary N) is 2. The Morgan fingerprint density at radius 3 is 1.66 bits per heavy atom. The first kappa shape index (κ1) is 54.9. The molecule has 76 heavy (non-hydrogen) atoms. The van der Waals surface area contributed by atoms with Crippen LogP contribution in [0.4, 0.5) is 8.78 Å². The molecule has 0 aliphatic carbocycles. The van der Waals surface area contributed by atoms with Crippen molar-refractivity contribution in [2.45, 2.75) is 97.7 Å². The first-order valence-corrected chi connectivity index (χ1v) is 32.6. The number of aryl methyl sites for hydroxylation is 1. The Hall–Kier alpha value is -7.33. The van der Waals surface area contributed by atoms with Gasteiger partial charge in [0, 0.05) is 54.1 Å². The summed E-state index contributed by atoms with van der Waals surface area (Å²) in [5, 5.41) is 5.79. The van der Waals surface area contributed by atoms with Crippen molar-refractivity contribution in [1.29, 1.82) is 0 Å². The highest BCUT2D eigenvalue weighted by atomic mass is 79.9. The van der Waals surface area contributed by atoms with Crippen molar-refractivity contribution >= 4 is 77.3 Å². The number of aromatic nitrogens is 12. The highest BCUT2D eigenvalue weighted by molar-refractivity contribution is 9.10. The maximum absolute atomic E-state index is 13.7. The van der Waals surface area contributed by atoms with E-state index in [2.05, 4.69) is 101 Å². The summed E-state index contributed by atoms with van der Waals surface area (Å²) in [5.41, 5.74) is 6.35. The van der Waals surface area contributed by atoms with Gasteiger partial charge in [-0.3, -0.25) is 9.59 Å². The lowest BCUT2D eigenvalue weighted by Crippen LogP contribution is -2.26. The lowest BCUT2D eigenvalue weighted by Gasteiger charge is -2.15. The van der Waals surface area contributed by atoms with Crippen molar-refractivity contribution in [1.82, 2.24) is 68.4 Å². The average Bonchev–Trinajstić information content (AvgIpc) is 4.25. The predicted octanol–water partition coefficient (Wildman–Crippen LogP) is 10.4. The molecule has 0 saturated heterocycles. The van der Waals surface area contributed by atoms with Gasteiger partial charge in [0.05, 0.1) is 59.0 Å². The molecule has 10 aromatic rings. The molecular weight excluding hydrogens is 1080 g/mol. The van der Waals surface area contributed by atoms with Crippen LogP contribution in [0.3, 0.4) is 0 Å². The van der Waals surface area contributed by atoms with Gasteiger partial charge in [0.2, 0.25) is 11.8 Å². The Morgan fingerprint density at radius 2 is 1.14 bits per heavy atom. The first-order valence-electron chi connectivity index (χ1n) is 24.4. The molecule has 0 aromatic carbocycles. The summed E-state index contributed by atoms with van der Waals surface area (Å²) in [6.45, 7) is 21.2. The maximum Gasteiger partial charge on any atom is 0.255 e. The maximum atomic E-state index is 13.7. The molecule has 10 heterocycles. The van der Waals surface area contributed by atoms with Gasteiger partial charge in [0.25, 0.3) is 11.8 Å². The van der Waals surface area contributed by atoms with Gasteiger partial charge in [-0.1, -0.05) is 39.3 Å². The Balaban J connectivity index is 0.000000172. The molecular formula is C51H59BrF2N14O6Si2. The Kier molecular flexibility index (Phi) is 17.1. The number of halogens is 3. The van der Waals surface area contributed by atoms with Crippen LogP contribution in [-0.4, -0.2) is 99.0 Å². The number of fused-ring (bicyclic) bond motifs is 4. The van der Waals surface area contributed by atoms with Crippen LogP contribution >= 0.6 is 15.9 Å². The third-order valence-corrected chi connectivity index (χ3v) is 15.6. The molecule has 0 aliphatic heterocycles. The number of ether oxygens (including phenoxy) is 2. The number of hydrogen-bond donors (Lipinski definition) is 2. The molecule has 2 atom stereocenters. The number of oxazole rings is 2. The SMILES string of the molecule is C[C@@H](NC(=O)c1cn(COCC[Si](C)(C)C)c2ncc(-c3ncn4cc(F)ccc34)nc12)c1ncco1.C[C@@H](NC(=O)c1cn(COCC[Si](C)(C)C)c2ncc(Br)nc12)c1ncco1.Cc1ncn2cc(F)ccc12. The third-order valence-electron chi connectivity index (χ3n) is 11.8. The van der Waals surface area contributed by atoms with E-state index in [0.717, 1.165) is 23.3 Å². The van der Waals surface area contributed by atoms with E-state index >= 15 is 0 Å². The summed E-state index contributed by atoms with van der Waals surface area (Å²) in [5.74, 6) is -0.392. The Labute approximate surface area is 446 Å². The van der Waals surface area contributed by atoms with E-state index in [-0.39, 0.29) is 36.2 Å². The highest BCUT2D eigenvalue weighted by Gasteiger charge is 2.25. The van der Waals surface area contributed by atoms with Gasteiger partial charge >= 0.3 is 0 Å². The number of carbonyl (C=O) groups excluding carboxylic acids is 2. The number of imidazole rings is 2. The molecule has 0 saturated carbocycles. The fourth-order valence-electron chi connectivity index (χ4n) is 7.65. The minimum absolute atomic E-state index is 0.240. The van der Waals surface area contributed by atoms with E-state index in [9.17, 15) is 18.4 Å². The zero-order valence-corrected chi connectivity index (χ0v) is 47.2. The number of nitrogens with zero attached hydrogens (tertiary/aromatic N) is 12. The second-order valence-electron chi connectivity index (χ2n) is 20.3. The van der Waals surface area contributed by atoms with Crippen LogP contribution in [0.1, 0.15) is 64.1 Å². The van der Waals surface area contributed by atoms with E-state index in [4.69, 9.17) is 23.3 Å². The second kappa shape index (κ2) is 23.7. The topological polar surface area (TPSA) is 225 Å². The van der Waals surface area contributed by atoms with E-state index in [1.807, 2.05) is 18.4 Å². The van der Waals surface area contributed by atoms with Crippen LogP contribution in [0, 0.1) is 18.6 Å². The van der Waals surface area contributed by atoms with Gasteiger partial charge in [-0.25, -0.2) is 48.7 Å². The largest absolute Gasteiger partial charge is 0.447 e. The molecule has 0 aliphatic rings. The highest BCUT2D eigenvalue weighted by Crippen LogP contribution is 2.27. The summed E-state index contributed by atoms with van der Waals surface area (Å²) in [6, 6.07) is 7.44. The number of rotatable bonds is 17. The Morgan fingerprint density at radius 1 is 0.658 bits per heavy atom. The number of amides is 2. The predicted molar refractivity (Wildman–Crippen MR) is 290 cm³/mol. The van der Waals surface area contributed by atoms with Gasteiger partial charge in [0.1, 0.15) is 83.1 Å². The van der Waals surface area contributed by atoms with Crippen molar-refractivity contribution in [3.63, 3.8) is 0 Å². The molecule has 0 spiro atoms. The smallest absolute Gasteiger partial charge is 0.255 e. The second-order valence-corrected chi connectivity index (χ2v) is 32.4. The lowest BCUT2D eigenvalue weighted by atomic mass is 10.2. The van der Waals surface area contributed by atoms with Crippen LogP contribution in [0.2, 0.25) is 51.4 Å². The molecule has 398 valence electrons. The fourth-order valence-corrected chi connectivity index (χ4v) is 9.45. The molecule has 0 unspecified atom stereocenters. The van der Waals surface area contributed by atoms with Gasteiger partial charge in [-0.2, -0.15) is 0 Å². The van der Waals surface area contributed by atoms with Crippen molar-refractivity contribution in [3.05, 3.63) is 144 Å².